The Balaban J connectivity index is 2.19. The summed E-state index contributed by atoms with van der Waals surface area (Å²) >= 11 is 0. The van der Waals surface area contributed by atoms with Gasteiger partial charge in [-0.1, -0.05) is 24.3 Å². The van der Waals surface area contributed by atoms with Gasteiger partial charge in [0, 0.05) is 11.6 Å². The molecule has 0 bridgehead atoms. The molecule has 0 radical (unpaired) electrons. The molecule has 2 nitrogen and oxygen atoms in total. The van der Waals surface area contributed by atoms with Gasteiger partial charge in [-0.05, 0) is 37.1 Å². The number of rotatable bonds is 4. The topological polar surface area (TPSA) is 29.5 Å². The third-order valence-electron chi connectivity index (χ3n) is 3.07. The van der Waals surface area contributed by atoms with Gasteiger partial charge in [-0.2, -0.15) is 0 Å². The van der Waals surface area contributed by atoms with Gasteiger partial charge in [-0.3, -0.25) is 0 Å². The van der Waals surface area contributed by atoms with Crippen LogP contribution in [0.15, 0.2) is 42.5 Å². The van der Waals surface area contributed by atoms with E-state index in [1.54, 1.807) is 13.0 Å². The molecule has 0 saturated carbocycles. The highest BCUT2D eigenvalue weighted by atomic mass is 19.1. The maximum Gasteiger partial charge on any atom is 0.128 e. The summed E-state index contributed by atoms with van der Waals surface area (Å²) in [6, 6.07) is 12.0. The zero-order valence-electron chi connectivity index (χ0n) is 11.1. The largest absolute Gasteiger partial charge is 0.488 e. The molecule has 100 valence electrons. The van der Waals surface area contributed by atoms with E-state index in [-0.39, 0.29) is 5.82 Å². The highest BCUT2D eigenvalue weighted by Crippen LogP contribution is 2.27. The van der Waals surface area contributed by atoms with Crippen LogP contribution >= 0.6 is 0 Å². The molecule has 0 heterocycles. The maximum atomic E-state index is 13.3. The molecule has 0 saturated heterocycles. The lowest BCUT2D eigenvalue weighted by molar-refractivity contribution is 0.189. The first-order valence-electron chi connectivity index (χ1n) is 6.22. The van der Waals surface area contributed by atoms with Crippen molar-refractivity contribution in [3.63, 3.8) is 0 Å². The Morgan fingerprint density at radius 2 is 1.95 bits per heavy atom. The summed E-state index contributed by atoms with van der Waals surface area (Å²) in [4.78, 5) is 0. The first-order chi connectivity index (χ1) is 9.08. The van der Waals surface area contributed by atoms with Crippen LogP contribution in [-0.2, 0) is 6.61 Å². The minimum Gasteiger partial charge on any atom is -0.488 e. The van der Waals surface area contributed by atoms with Crippen molar-refractivity contribution in [3.05, 3.63) is 65.0 Å². The summed E-state index contributed by atoms with van der Waals surface area (Å²) in [6.45, 7) is 3.99. The molecule has 1 unspecified atom stereocenters. The molecule has 0 aliphatic carbocycles. The lowest BCUT2D eigenvalue weighted by Gasteiger charge is -2.14. The van der Waals surface area contributed by atoms with E-state index in [2.05, 4.69) is 0 Å². The van der Waals surface area contributed by atoms with Crippen LogP contribution < -0.4 is 4.74 Å². The van der Waals surface area contributed by atoms with Crippen molar-refractivity contribution >= 4 is 0 Å². The van der Waals surface area contributed by atoms with Crippen molar-refractivity contribution in [2.24, 2.45) is 0 Å². The average molecular weight is 260 g/mol. The van der Waals surface area contributed by atoms with Gasteiger partial charge in [0.2, 0.25) is 0 Å². The van der Waals surface area contributed by atoms with Crippen LogP contribution in [0.25, 0.3) is 0 Å². The minimum atomic E-state index is -0.688. The predicted octanol–water partition coefficient (Wildman–Crippen LogP) is 3.77. The molecule has 0 fully saturated rings. The van der Waals surface area contributed by atoms with Crippen molar-refractivity contribution in [2.75, 3.05) is 0 Å². The third-order valence-corrected chi connectivity index (χ3v) is 3.07. The molecule has 0 aliphatic heterocycles. The monoisotopic (exact) mass is 260 g/mol. The lowest BCUT2D eigenvalue weighted by atomic mass is 10.1. The molecule has 0 aliphatic rings. The zero-order valence-corrected chi connectivity index (χ0v) is 11.1. The SMILES string of the molecule is Cc1ccccc1COc1cc(F)ccc1C(C)O. The number of ether oxygens (including phenoxy) is 1. The van der Waals surface area contributed by atoms with E-state index in [9.17, 15) is 9.50 Å². The molecule has 1 N–H and O–H groups in total. The summed E-state index contributed by atoms with van der Waals surface area (Å²) < 4.78 is 18.9. The molecule has 2 aromatic carbocycles. The third kappa shape index (κ3) is 3.32. The van der Waals surface area contributed by atoms with Crippen molar-refractivity contribution < 1.29 is 14.2 Å². The standard InChI is InChI=1S/C16H17FO2/c1-11-5-3-4-6-13(11)10-19-16-9-14(17)7-8-15(16)12(2)18/h3-9,12,18H,10H2,1-2H3. The Hall–Kier alpha value is -1.87. The Bertz CT molecular complexity index is 564. The van der Waals surface area contributed by atoms with Gasteiger partial charge in [-0.15, -0.1) is 0 Å². The quantitative estimate of drug-likeness (QED) is 0.906. The van der Waals surface area contributed by atoms with Crippen LogP contribution in [0, 0.1) is 12.7 Å². The number of halogens is 1. The second-order valence-electron chi connectivity index (χ2n) is 4.57. The molecular weight excluding hydrogens is 243 g/mol. The van der Waals surface area contributed by atoms with E-state index in [0.717, 1.165) is 11.1 Å². The van der Waals surface area contributed by atoms with Crippen molar-refractivity contribution in [2.45, 2.75) is 26.6 Å². The summed E-state index contributed by atoms with van der Waals surface area (Å²) in [5.41, 5.74) is 2.76. The summed E-state index contributed by atoms with van der Waals surface area (Å²) in [5.74, 6) is 0.0161. The fraction of sp³-hybridized carbons (Fsp3) is 0.250. The van der Waals surface area contributed by atoms with Gasteiger partial charge in [0.25, 0.3) is 0 Å². The van der Waals surface area contributed by atoms with E-state index in [1.807, 2.05) is 31.2 Å². The normalized spacial score (nSPS) is 12.2. The molecule has 3 heteroatoms. The predicted molar refractivity (Wildman–Crippen MR) is 72.5 cm³/mol. The first-order valence-corrected chi connectivity index (χ1v) is 6.22. The Morgan fingerprint density at radius 1 is 1.21 bits per heavy atom. The molecule has 1 atom stereocenters. The van der Waals surface area contributed by atoms with Crippen LogP contribution in [0.1, 0.15) is 29.7 Å². The minimum absolute atomic E-state index is 0.357. The Morgan fingerprint density at radius 3 is 2.63 bits per heavy atom. The highest BCUT2D eigenvalue weighted by molar-refractivity contribution is 5.36. The lowest BCUT2D eigenvalue weighted by Crippen LogP contribution is -2.02. The highest BCUT2D eigenvalue weighted by Gasteiger charge is 2.11. The smallest absolute Gasteiger partial charge is 0.128 e. The van der Waals surface area contributed by atoms with Gasteiger partial charge >= 0.3 is 0 Å². The molecule has 19 heavy (non-hydrogen) atoms. The molecule has 2 aromatic rings. The van der Waals surface area contributed by atoms with Crippen molar-refractivity contribution in [3.8, 4) is 5.75 Å². The Labute approximate surface area is 112 Å². The van der Waals surface area contributed by atoms with Gasteiger partial charge in [0.15, 0.2) is 0 Å². The fourth-order valence-electron chi connectivity index (χ4n) is 1.91. The number of hydrogen-bond acceptors (Lipinski definition) is 2. The maximum absolute atomic E-state index is 13.3. The van der Waals surface area contributed by atoms with E-state index in [0.29, 0.717) is 17.9 Å². The molecule has 2 rings (SSSR count). The number of aliphatic hydroxyl groups is 1. The first kappa shape index (κ1) is 13.6. The van der Waals surface area contributed by atoms with E-state index >= 15 is 0 Å². The number of benzene rings is 2. The molecular formula is C16H17FO2. The second kappa shape index (κ2) is 5.85. The van der Waals surface area contributed by atoms with Gasteiger partial charge in [-0.25, -0.2) is 4.39 Å². The zero-order chi connectivity index (χ0) is 13.8. The molecule has 0 spiro atoms. The van der Waals surface area contributed by atoms with E-state index in [1.165, 1.54) is 12.1 Å². The molecule has 0 aromatic heterocycles. The fourth-order valence-corrected chi connectivity index (χ4v) is 1.91. The van der Waals surface area contributed by atoms with Gasteiger partial charge < -0.3 is 9.84 Å². The van der Waals surface area contributed by atoms with Crippen LogP contribution in [0.2, 0.25) is 0 Å². The van der Waals surface area contributed by atoms with E-state index < -0.39 is 6.10 Å². The summed E-state index contributed by atoms with van der Waals surface area (Å²) in [7, 11) is 0. The summed E-state index contributed by atoms with van der Waals surface area (Å²) in [6.07, 6.45) is -0.688. The number of aryl methyl sites for hydroxylation is 1. The van der Waals surface area contributed by atoms with Gasteiger partial charge in [0.05, 0.1) is 6.10 Å². The van der Waals surface area contributed by atoms with Crippen LogP contribution in [0.5, 0.6) is 5.75 Å². The number of hydrogen-bond donors (Lipinski definition) is 1. The van der Waals surface area contributed by atoms with E-state index in [4.69, 9.17) is 4.74 Å². The average Bonchev–Trinajstić information content (AvgIpc) is 2.37. The van der Waals surface area contributed by atoms with Crippen molar-refractivity contribution in [1.29, 1.82) is 0 Å². The number of aliphatic hydroxyl groups excluding tert-OH is 1. The van der Waals surface area contributed by atoms with Crippen LogP contribution in [-0.4, -0.2) is 5.11 Å². The molecule has 0 amide bonds. The summed E-state index contributed by atoms with van der Waals surface area (Å²) in [5, 5.41) is 9.64. The van der Waals surface area contributed by atoms with Crippen LogP contribution in [0.4, 0.5) is 4.39 Å². The Kier molecular flexibility index (Phi) is 4.17. The van der Waals surface area contributed by atoms with Crippen LogP contribution in [0.3, 0.4) is 0 Å². The van der Waals surface area contributed by atoms with Gasteiger partial charge in [0.1, 0.15) is 18.2 Å². The second-order valence-corrected chi connectivity index (χ2v) is 4.57. The van der Waals surface area contributed by atoms with Crippen molar-refractivity contribution in [1.82, 2.24) is 0 Å².